The van der Waals surface area contributed by atoms with Crippen molar-refractivity contribution >= 4 is 42.5 Å². The number of benzene rings is 1. The van der Waals surface area contributed by atoms with Crippen molar-refractivity contribution in [3.05, 3.63) is 29.8 Å². The first kappa shape index (κ1) is 50.5. The summed E-state index contributed by atoms with van der Waals surface area (Å²) in [6.45, 7) is 17.1. The quantitative estimate of drug-likeness (QED) is 0.0505. The molecule has 1 rings (SSSR count). The molecule has 0 aliphatic rings. The lowest BCUT2D eigenvalue weighted by Gasteiger charge is -2.07. The molecule has 0 aromatic heterocycles. The summed E-state index contributed by atoms with van der Waals surface area (Å²) >= 11 is 4.01. The van der Waals surface area contributed by atoms with Gasteiger partial charge in [-0.25, -0.2) is 8.42 Å². The fraction of sp³-hybridized carbons (Fsp3) is 0.806. The lowest BCUT2D eigenvalue weighted by molar-refractivity contribution is 0.0117. The van der Waals surface area contributed by atoms with Gasteiger partial charge in [-0.3, -0.25) is 4.18 Å². The standard InChI is InChI=1S/C15H24O6S.C8H17ClO5S.C8H18O3S/c1-3-18-8-9-19-10-11-20-12-13-21-22(16,17)15-6-4-14(2)5-7-15;1-2-12-3-4-13-5-6-14-7-8-15(9,10)11;1-2-9-3-4-10-5-6-11-7-8-12/h4-7H,3,8-13H2,1-2H3;2-8H2,1H3;12H,2-8H2,1H3. The van der Waals surface area contributed by atoms with Crippen LogP contribution in [0, 0.1) is 6.92 Å². The van der Waals surface area contributed by atoms with Crippen molar-refractivity contribution in [1.82, 2.24) is 0 Å². The smallest absolute Gasteiger partial charge is 0.297 e. The normalized spacial score (nSPS) is 11.5. The lowest BCUT2D eigenvalue weighted by Crippen LogP contribution is -2.14. The van der Waals surface area contributed by atoms with Gasteiger partial charge in [0.15, 0.2) is 0 Å². The van der Waals surface area contributed by atoms with Gasteiger partial charge in [0.25, 0.3) is 10.1 Å². The van der Waals surface area contributed by atoms with E-state index < -0.39 is 19.2 Å². The maximum Gasteiger partial charge on any atom is 0.297 e. The summed E-state index contributed by atoms with van der Waals surface area (Å²) < 4.78 is 95.8. The van der Waals surface area contributed by atoms with E-state index in [1.807, 2.05) is 27.7 Å². The van der Waals surface area contributed by atoms with E-state index >= 15 is 0 Å². The van der Waals surface area contributed by atoms with Crippen LogP contribution in [-0.4, -0.2) is 154 Å². The van der Waals surface area contributed by atoms with Gasteiger partial charge >= 0.3 is 0 Å². The van der Waals surface area contributed by atoms with Crippen LogP contribution in [0.25, 0.3) is 0 Å². The molecule has 49 heavy (non-hydrogen) atoms. The zero-order chi connectivity index (χ0) is 36.9. The highest BCUT2D eigenvalue weighted by molar-refractivity contribution is 8.13. The number of ether oxygens (including phenoxy) is 9. The van der Waals surface area contributed by atoms with Gasteiger partial charge < -0.3 is 42.6 Å². The number of rotatable bonds is 31. The monoisotopic (exact) mass is 786 g/mol. The second kappa shape index (κ2) is 37.1. The first-order valence-corrected chi connectivity index (χ1v) is 20.7. The Morgan fingerprint density at radius 3 is 1.18 bits per heavy atom. The first-order chi connectivity index (χ1) is 23.5. The zero-order valence-corrected chi connectivity index (χ0v) is 32.8. The molecule has 0 fully saturated rings. The van der Waals surface area contributed by atoms with Crippen LogP contribution in [0.3, 0.4) is 0 Å². The van der Waals surface area contributed by atoms with E-state index in [0.717, 1.165) is 17.9 Å². The topological polar surface area (TPSA) is 161 Å². The highest BCUT2D eigenvalue weighted by Crippen LogP contribution is 2.12. The second-order valence-corrected chi connectivity index (χ2v) is 14.3. The molecule has 18 heteroatoms. The van der Waals surface area contributed by atoms with Crippen LogP contribution in [0.4, 0.5) is 0 Å². The molecule has 292 valence electrons. The number of halogens is 1. The van der Waals surface area contributed by atoms with Gasteiger partial charge in [-0.2, -0.15) is 21.0 Å². The molecule has 0 aliphatic heterocycles. The maximum atomic E-state index is 11.9. The van der Waals surface area contributed by atoms with Gasteiger partial charge in [0.2, 0.25) is 9.05 Å². The molecular weight excluding hydrogens is 728 g/mol. The summed E-state index contributed by atoms with van der Waals surface area (Å²) in [5.41, 5.74) is 0.992. The Bertz CT molecular complexity index is 1020. The highest BCUT2D eigenvalue weighted by atomic mass is 35.7. The summed E-state index contributed by atoms with van der Waals surface area (Å²) in [5.74, 6) is 0.590. The van der Waals surface area contributed by atoms with Crippen molar-refractivity contribution in [2.24, 2.45) is 0 Å². The number of aryl methyl sites for hydroxylation is 1. The molecule has 0 saturated carbocycles. The maximum absolute atomic E-state index is 11.9. The molecule has 0 amide bonds. The first-order valence-electron chi connectivity index (χ1n) is 16.2. The Labute approximate surface area is 304 Å². The van der Waals surface area contributed by atoms with E-state index in [1.54, 1.807) is 12.1 Å². The van der Waals surface area contributed by atoms with Gasteiger partial charge in [0.1, 0.15) is 0 Å². The lowest BCUT2D eigenvalue weighted by atomic mass is 10.2. The van der Waals surface area contributed by atoms with E-state index in [2.05, 4.69) is 12.6 Å². The van der Waals surface area contributed by atoms with Gasteiger partial charge in [0, 0.05) is 36.3 Å². The summed E-state index contributed by atoms with van der Waals surface area (Å²) in [7, 11) is -2.18. The number of hydrogen-bond donors (Lipinski definition) is 1. The molecule has 1 aromatic rings. The van der Waals surface area contributed by atoms with E-state index in [4.69, 9.17) is 57.5 Å². The third-order valence-corrected chi connectivity index (χ3v) is 7.95. The zero-order valence-electron chi connectivity index (χ0n) is 29.5. The molecule has 1 aromatic carbocycles. The van der Waals surface area contributed by atoms with Crippen molar-refractivity contribution in [3.8, 4) is 0 Å². The highest BCUT2D eigenvalue weighted by Gasteiger charge is 2.14. The van der Waals surface area contributed by atoms with E-state index in [-0.39, 0.29) is 30.5 Å². The average Bonchev–Trinajstić information content (AvgIpc) is 3.06. The third kappa shape index (κ3) is 40.0. The fourth-order valence-corrected chi connectivity index (χ4v) is 4.48. The Balaban J connectivity index is 0. The molecule has 0 radical (unpaired) electrons. The predicted molar refractivity (Wildman–Crippen MR) is 192 cm³/mol. The van der Waals surface area contributed by atoms with E-state index in [9.17, 15) is 16.8 Å². The fourth-order valence-electron chi connectivity index (χ4n) is 2.95. The molecule has 0 spiro atoms. The van der Waals surface area contributed by atoms with Crippen LogP contribution < -0.4 is 0 Å². The van der Waals surface area contributed by atoms with Gasteiger partial charge in [0.05, 0.1) is 116 Å². The molecular formula is C31H59ClO14S3. The van der Waals surface area contributed by atoms with E-state index in [1.165, 1.54) is 12.1 Å². The second-order valence-electron chi connectivity index (χ2n) is 9.32. The Hall–Kier alpha value is -0.640. The minimum atomic E-state index is -3.71. The van der Waals surface area contributed by atoms with Crippen molar-refractivity contribution in [3.63, 3.8) is 0 Å². The van der Waals surface area contributed by atoms with Crippen LogP contribution in [0.15, 0.2) is 29.2 Å². The Morgan fingerprint density at radius 2 is 0.837 bits per heavy atom. The van der Waals surface area contributed by atoms with Crippen LogP contribution in [0.5, 0.6) is 0 Å². The number of hydrogen-bond acceptors (Lipinski definition) is 15. The molecule has 0 unspecified atom stereocenters. The molecule has 0 bridgehead atoms. The Morgan fingerprint density at radius 1 is 0.510 bits per heavy atom. The summed E-state index contributed by atoms with van der Waals surface area (Å²) in [4.78, 5) is 0.150. The van der Waals surface area contributed by atoms with Crippen LogP contribution >= 0.6 is 23.3 Å². The van der Waals surface area contributed by atoms with Crippen molar-refractivity contribution < 1.29 is 63.7 Å². The minimum absolute atomic E-state index is 0.0187. The summed E-state index contributed by atoms with van der Waals surface area (Å²) in [6.07, 6.45) is 0. The van der Waals surface area contributed by atoms with Gasteiger partial charge in [-0.1, -0.05) is 17.7 Å². The molecule has 0 heterocycles. The summed E-state index contributed by atoms with van der Waals surface area (Å²) in [6, 6.07) is 6.51. The molecule has 0 N–H and O–H groups in total. The SMILES string of the molecule is CCOCCOCCOCCOS(=O)(=O)c1ccc(C)cc1.CCOCCOCCOCCS.CCOCCOCCOCCS(=O)(=O)Cl. The molecule has 14 nitrogen and oxygen atoms in total. The average molecular weight is 787 g/mol. The largest absolute Gasteiger partial charge is 0.379 e. The Kier molecular flexibility index (Phi) is 38.2. The van der Waals surface area contributed by atoms with Crippen molar-refractivity contribution in [1.29, 1.82) is 0 Å². The van der Waals surface area contributed by atoms with Crippen molar-refractivity contribution in [2.45, 2.75) is 32.6 Å². The summed E-state index contributed by atoms with van der Waals surface area (Å²) in [5, 5.41) is 0. The minimum Gasteiger partial charge on any atom is -0.379 e. The number of thiol groups is 1. The molecule has 0 atom stereocenters. The predicted octanol–water partition coefficient (Wildman–Crippen LogP) is 3.38. The van der Waals surface area contributed by atoms with Crippen molar-refractivity contribution in [2.75, 3.05) is 137 Å². The van der Waals surface area contributed by atoms with Crippen LogP contribution in [-0.2, 0) is 66.0 Å². The van der Waals surface area contributed by atoms with Crippen LogP contribution in [0.1, 0.15) is 26.3 Å². The van der Waals surface area contributed by atoms with Gasteiger partial charge in [-0.15, -0.1) is 0 Å². The van der Waals surface area contributed by atoms with Gasteiger partial charge in [-0.05, 0) is 39.8 Å². The van der Waals surface area contributed by atoms with E-state index in [0.29, 0.717) is 99.1 Å². The van der Waals surface area contributed by atoms with Crippen LogP contribution in [0.2, 0.25) is 0 Å². The molecule has 0 aliphatic carbocycles. The third-order valence-electron chi connectivity index (χ3n) is 5.33. The molecule has 0 saturated heterocycles.